The Kier molecular flexibility index (Phi) is 8.19. The van der Waals surface area contributed by atoms with E-state index in [1.165, 1.54) is 22.3 Å². The normalized spacial score (nSPS) is 13.4. The van der Waals surface area contributed by atoms with Gasteiger partial charge in [-0.1, -0.05) is 208 Å². The number of fused-ring (bicyclic) bond motifs is 4. The minimum Gasteiger partial charge on any atom is -0.311 e. The minimum atomic E-state index is -0.192. The summed E-state index contributed by atoms with van der Waals surface area (Å²) in [6.45, 7) is 4.59. The molecule has 10 aromatic carbocycles. The van der Waals surface area contributed by atoms with Gasteiger partial charge in [0.2, 0.25) is 0 Å². The number of anilines is 3. The molecule has 0 aromatic heterocycles. The largest absolute Gasteiger partial charge is 0.311 e. The van der Waals surface area contributed by atoms with Crippen molar-refractivity contribution in [3.05, 3.63) is 248 Å². The molecule has 62 heavy (non-hydrogen) atoms. The highest BCUT2D eigenvalue weighted by Gasteiger charge is 2.37. The van der Waals surface area contributed by atoms with Crippen LogP contribution in [0.5, 0.6) is 0 Å². The Balaban J connectivity index is 1.02. The summed E-state index contributed by atoms with van der Waals surface area (Å²) in [5.41, 5.74) is 16.1. The van der Waals surface area contributed by atoms with Crippen molar-refractivity contribution in [2.45, 2.75) is 19.3 Å². The summed E-state index contributed by atoms with van der Waals surface area (Å²) in [5.74, 6) is 0. The van der Waals surface area contributed by atoms with Crippen LogP contribution in [0.2, 0.25) is 0 Å². The van der Waals surface area contributed by atoms with Gasteiger partial charge in [0.25, 0.3) is 0 Å². The lowest BCUT2D eigenvalue weighted by Crippen LogP contribution is -2.16. The molecular weight excluding hydrogens is 747 g/mol. The minimum absolute atomic E-state index is 0.0977. The zero-order chi connectivity index (χ0) is 45.1. The van der Waals surface area contributed by atoms with Gasteiger partial charge in [-0.05, 0) is 131 Å². The van der Waals surface area contributed by atoms with E-state index in [1.807, 2.05) is 89.8 Å². The Morgan fingerprint density at radius 2 is 0.823 bits per heavy atom. The molecular formula is C61H45N. The lowest BCUT2D eigenvalue weighted by atomic mass is 9.79. The molecule has 1 aliphatic carbocycles. The van der Waals surface area contributed by atoms with Crippen LogP contribution in [0.15, 0.2) is 236 Å². The highest BCUT2D eigenvalue weighted by molar-refractivity contribution is 5.97. The standard InChI is InChI=1S/C61H45N/c1-61(2)59-24-9-8-20-57(59)58-23-12-22-56(60(58)61)48-33-39-53(40-34-48)62(51-35-29-45(30-36-51)44-27-25-43(26-28-44)42-13-4-3-5-14-42)52-37-31-46(32-38-52)49-17-10-18-50(41-49)55-21-11-16-47-15-6-7-19-54(47)55/h3-41H,1-2H3/i31D,32D,37D,38D. The van der Waals surface area contributed by atoms with Crippen molar-refractivity contribution in [2.75, 3.05) is 4.90 Å². The van der Waals surface area contributed by atoms with Gasteiger partial charge in [0.15, 0.2) is 0 Å². The van der Waals surface area contributed by atoms with E-state index in [-0.39, 0.29) is 40.8 Å². The summed E-state index contributed by atoms with van der Waals surface area (Å²) >= 11 is 0. The predicted octanol–water partition coefficient (Wildman–Crippen LogP) is 17.0. The summed E-state index contributed by atoms with van der Waals surface area (Å²) in [6.07, 6.45) is 0. The van der Waals surface area contributed by atoms with E-state index in [0.29, 0.717) is 5.56 Å². The zero-order valence-electron chi connectivity index (χ0n) is 38.7. The smallest absolute Gasteiger partial charge is 0.0645 e. The Morgan fingerprint density at radius 3 is 1.55 bits per heavy atom. The fourth-order valence-electron chi connectivity index (χ4n) is 9.46. The first-order valence-electron chi connectivity index (χ1n) is 23.3. The first-order chi connectivity index (χ1) is 32.2. The monoisotopic (exact) mass is 795 g/mol. The molecule has 0 saturated heterocycles. The first kappa shape index (κ1) is 33.0. The van der Waals surface area contributed by atoms with Crippen LogP contribution < -0.4 is 4.90 Å². The molecule has 1 nitrogen and oxygen atoms in total. The maximum absolute atomic E-state index is 9.68. The molecule has 294 valence electrons. The average molecular weight is 796 g/mol. The molecule has 0 heterocycles. The van der Waals surface area contributed by atoms with Crippen LogP contribution >= 0.6 is 0 Å². The molecule has 0 N–H and O–H groups in total. The molecule has 0 amide bonds. The third kappa shape index (κ3) is 6.60. The predicted molar refractivity (Wildman–Crippen MR) is 263 cm³/mol. The van der Waals surface area contributed by atoms with Gasteiger partial charge in [0, 0.05) is 22.5 Å². The molecule has 0 unspecified atom stereocenters. The zero-order valence-corrected chi connectivity index (χ0v) is 34.7. The summed E-state index contributed by atoms with van der Waals surface area (Å²) in [4.78, 5) is 1.87. The van der Waals surface area contributed by atoms with Crippen molar-refractivity contribution in [1.82, 2.24) is 0 Å². The molecule has 0 bridgehead atoms. The van der Waals surface area contributed by atoms with Gasteiger partial charge < -0.3 is 4.90 Å². The van der Waals surface area contributed by atoms with Crippen LogP contribution in [0.25, 0.3) is 77.5 Å². The van der Waals surface area contributed by atoms with E-state index >= 15 is 0 Å². The van der Waals surface area contributed by atoms with E-state index in [2.05, 4.69) is 141 Å². The van der Waals surface area contributed by atoms with Crippen molar-refractivity contribution in [3.8, 4) is 66.8 Å². The number of benzene rings is 10. The highest BCUT2D eigenvalue weighted by atomic mass is 15.1. The fraction of sp³-hybridized carbons (Fsp3) is 0.0492. The van der Waals surface area contributed by atoms with E-state index in [1.54, 1.807) is 0 Å². The van der Waals surface area contributed by atoms with Crippen LogP contribution in [-0.4, -0.2) is 0 Å². The van der Waals surface area contributed by atoms with Gasteiger partial charge >= 0.3 is 0 Å². The molecule has 0 radical (unpaired) electrons. The molecule has 10 aromatic rings. The first-order valence-corrected chi connectivity index (χ1v) is 21.3. The Hall–Kier alpha value is -7.74. The Morgan fingerprint density at radius 1 is 0.339 bits per heavy atom. The quantitative estimate of drug-likeness (QED) is 0.148. The van der Waals surface area contributed by atoms with Crippen molar-refractivity contribution >= 4 is 27.8 Å². The second-order valence-electron chi connectivity index (χ2n) is 16.6. The van der Waals surface area contributed by atoms with Crippen molar-refractivity contribution in [1.29, 1.82) is 0 Å². The van der Waals surface area contributed by atoms with Gasteiger partial charge in [-0.15, -0.1) is 0 Å². The second-order valence-corrected chi connectivity index (χ2v) is 16.6. The van der Waals surface area contributed by atoms with E-state index in [4.69, 9.17) is 0 Å². The third-order valence-electron chi connectivity index (χ3n) is 12.6. The molecule has 0 aliphatic heterocycles. The number of hydrogen-bond donors (Lipinski definition) is 0. The SMILES string of the molecule is [2H]c1c([2H])c(N(c2ccc(-c3ccc(-c4ccccc4)cc3)cc2)c2ccc(-c3cccc4c3C(C)(C)c3ccccc3-4)cc2)c([2H])c([2H])c1-c1cccc(-c2cccc3ccccc23)c1. The van der Waals surface area contributed by atoms with E-state index in [9.17, 15) is 5.48 Å². The van der Waals surface area contributed by atoms with E-state index in [0.717, 1.165) is 66.7 Å². The Bertz CT molecular complexity index is 3430. The number of rotatable bonds is 8. The van der Waals surface area contributed by atoms with Crippen molar-refractivity contribution < 1.29 is 5.48 Å². The fourth-order valence-corrected chi connectivity index (χ4v) is 9.46. The highest BCUT2D eigenvalue weighted by Crippen LogP contribution is 2.52. The lowest BCUT2D eigenvalue weighted by Gasteiger charge is -2.27. The maximum Gasteiger partial charge on any atom is 0.0645 e. The number of hydrogen-bond acceptors (Lipinski definition) is 1. The summed E-state index contributed by atoms with van der Waals surface area (Å²) < 4.78 is 38.5. The molecule has 1 heteroatoms. The van der Waals surface area contributed by atoms with Crippen molar-refractivity contribution in [2.24, 2.45) is 0 Å². The van der Waals surface area contributed by atoms with E-state index < -0.39 is 0 Å². The van der Waals surface area contributed by atoms with Gasteiger partial charge in [0.05, 0.1) is 5.48 Å². The Labute approximate surface area is 370 Å². The molecule has 0 atom stereocenters. The second kappa shape index (κ2) is 15.4. The van der Waals surface area contributed by atoms with Gasteiger partial charge in [0.1, 0.15) is 0 Å². The van der Waals surface area contributed by atoms with Crippen LogP contribution in [0, 0.1) is 0 Å². The molecule has 0 saturated carbocycles. The van der Waals surface area contributed by atoms with Gasteiger partial charge in [-0.25, -0.2) is 0 Å². The summed E-state index contributed by atoms with van der Waals surface area (Å²) in [6, 6.07) is 72.4. The summed E-state index contributed by atoms with van der Waals surface area (Å²) in [5, 5.41) is 2.23. The van der Waals surface area contributed by atoms with Crippen LogP contribution in [0.4, 0.5) is 17.1 Å². The third-order valence-corrected chi connectivity index (χ3v) is 12.6. The van der Waals surface area contributed by atoms with Crippen LogP contribution in [0.3, 0.4) is 0 Å². The molecule has 1 aliphatic rings. The van der Waals surface area contributed by atoms with Crippen LogP contribution in [-0.2, 0) is 5.41 Å². The molecule has 11 rings (SSSR count). The lowest BCUT2D eigenvalue weighted by molar-refractivity contribution is 0.662. The maximum atomic E-state index is 9.68. The van der Waals surface area contributed by atoms with Gasteiger partial charge in [-0.3, -0.25) is 0 Å². The topological polar surface area (TPSA) is 3.24 Å². The molecule has 0 spiro atoms. The number of nitrogens with zero attached hydrogens (tertiary/aromatic N) is 1. The van der Waals surface area contributed by atoms with Gasteiger partial charge in [-0.2, -0.15) is 0 Å². The average Bonchev–Trinajstić information content (AvgIpc) is 3.61. The van der Waals surface area contributed by atoms with Crippen molar-refractivity contribution in [3.63, 3.8) is 0 Å². The van der Waals surface area contributed by atoms with Crippen LogP contribution in [0.1, 0.15) is 30.5 Å². The summed E-state index contributed by atoms with van der Waals surface area (Å²) in [7, 11) is 0. The molecule has 0 fully saturated rings.